The van der Waals surface area contributed by atoms with Gasteiger partial charge >= 0.3 is 6.09 Å². The quantitative estimate of drug-likeness (QED) is 0.837. The van der Waals surface area contributed by atoms with E-state index in [1.54, 1.807) is 6.92 Å². The highest BCUT2D eigenvalue weighted by Crippen LogP contribution is 2.17. The third-order valence-corrected chi connectivity index (χ3v) is 3.08. The summed E-state index contributed by atoms with van der Waals surface area (Å²) in [5.41, 5.74) is 2.09. The molecule has 0 heterocycles. The molecule has 20 heavy (non-hydrogen) atoms. The maximum Gasteiger partial charge on any atom is 0.407 e. The van der Waals surface area contributed by atoms with Crippen LogP contribution in [0.1, 0.15) is 31.7 Å². The van der Waals surface area contributed by atoms with Gasteiger partial charge < -0.3 is 10.1 Å². The number of ether oxygens (including phenoxy) is 1. The summed E-state index contributed by atoms with van der Waals surface area (Å²) in [5.74, 6) is 6.34. The monoisotopic (exact) mass is 269 g/mol. The zero-order valence-electron chi connectivity index (χ0n) is 11.7. The van der Waals surface area contributed by atoms with Gasteiger partial charge in [0.1, 0.15) is 0 Å². The molecule has 3 nitrogen and oxygen atoms in total. The number of hydrogen-bond acceptors (Lipinski definition) is 2. The molecule has 0 spiro atoms. The number of alkyl carbamates (subject to hydrolysis) is 1. The summed E-state index contributed by atoms with van der Waals surface area (Å²) in [5, 5.41) is 2.84. The normalized spacial score (nSPS) is 17.4. The van der Waals surface area contributed by atoms with Crippen molar-refractivity contribution in [3.63, 3.8) is 0 Å². The lowest BCUT2D eigenvalue weighted by Crippen LogP contribution is -2.35. The van der Waals surface area contributed by atoms with Crippen molar-refractivity contribution < 1.29 is 9.53 Å². The molecule has 0 aromatic heterocycles. The Balaban J connectivity index is 1.99. The molecule has 0 saturated carbocycles. The lowest BCUT2D eigenvalue weighted by molar-refractivity contribution is 0.149. The average molecular weight is 269 g/mol. The van der Waals surface area contributed by atoms with E-state index < -0.39 is 0 Å². The first-order chi connectivity index (χ1) is 9.78. The second-order valence-electron chi connectivity index (χ2n) is 4.67. The van der Waals surface area contributed by atoms with Crippen molar-refractivity contribution in [2.75, 3.05) is 6.61 Å². The van der Waals surface area contributed by atoms with Gasteiger partial charge in [0, 0.05) is 11.1 Å². The molecule has 0 bridgehead atoms. The summed E-state index contributed by atoms with van der Waals surface area (Å²) in [6, 6.07) is 9.94. The molecule has 104 valence electrons. The van der Waals surface area contributed by atoms with Crippen molar-refractivity contribution in [1.29, 1.82) is 0 Å². The van der Waals surface area contributed by atoms with Crippen LogP contribution in [0.4, 0.5) is 4.79 Å². The Morgan fingerprint density at radius 2 is 2.15 bits per heavy atom. The van der Waals surface area contributed by atoms with Crippen LogP contribution in [0.2, 0.25) is 0 Å². The molecule has 0 aliphatic heterocycles. The van der Waals surface area contributed by atoms with Crippen LogP contribution in [0.25, 0.3) is 0 Å². The van der Waals surface area contributed by atoms with E-state index in [2.05, 4.69) is 17.2 Å². The van der Waals surface area contributed by atoms with Crippen molar-refractivity contribution in [3.05, 3.63) is 47.5 Å². The predicted molar refractivity (Wildman–Crippen MR) is 79.2 cm³/mol. The Morgan fingerprint density at radius 1 is 1.35 bits per heavy atom. The lowest BCUT2D eigenvalue weighted by Gasteiger charge is -2.19. The Kier molecular flexibility index (Phi) is 5.25. The van der Waals surface area contributed by atoms with Crippen LogP contribution in [-0.4, -0.2) is 18.7 Å². The second-order valence-corrected chi connectivity index (χ2v) is 4.67. The molecule has 1 N–H and O–H groups in total. The minimum absolute atomic E-state index is 0.0304. The van der Waals surface area contributed by atoms with Gasteiger partial charge in [0.05, 0.1) is 12.6 Å². The Morgan fingerprint density at radius 3 is 2.90 bits per heavy atom. The highest BCUT2D eigenvalue weighted by Gasteiger charge is 2.15. The van der Waals surface area contributed by atoms with Gasteiger partial charge in [-0.25, -0.2) is 4.79 Å². The molecular weight excluding hydrogens is 250 g/mol. The molecule has 0 fully saturated rings. The topological polar surface area (TPSA) is 38.3 Å². The second kappa shape index (κ2) is 7.40. The first-order valence-electron chi connectivity index (χ1n) is 6.99. The van der Waals surface area contributed by atoms with Gasteiger partial charge in [0.2, 0.25) is 0 Å². The van der Waals surface area contributed by atoms with Crippen molar-refractivity contribution in [3.8, 4) is 11.8 Å². The van der Waals surface area contributed by atoms with E-state index in [4.69, 9.17) is 4.74 Å². The molecule has 1 aromatic rings. The summed E-state index contributed by atoms with van der Waals surface area (Å²) >= 11 is 0. The van der Waals surface area contributed by atoms with Crippen LogP contribution in [-0.2, 0) is 4.74 Å². The molecule has 2 rings (SSSR count). The molecule has 1 aliphatic carbocycles. The van der Waals surface area contributed by atoms with Gasteiger partial charge in [-0.15, -0.1) is 0 Å². The number of rotatable bonds is 2. The largest absolute Gasteiger partial charge is 0.450 e. The smallest absolute Gasteiger partial charge is 0.407 e. The predicted octanol–water partition coefficient (Wildman–Crippen LogP) is 3.26. The minimum Gasteiger partial charge on any atom is -0.450 e. The van der Waals surface area contributed by atoms with Crippen LogP contribution in [0.5, 0.6) is 0 Å². The molecule has 1 aromatic carbocycles. The zero-order valence-corrected chi connectivity index (χ0v) is 11.7. The fraction of sp³-hybridized carbons (Fsp3) is 0.353. The highest BCUT2D eigenvalue weighted by molar-refractivity contribution is 5.68. The van der Waals surface area contributed by atoms with E-state index in [-0.39, 0.29) is 12.1 Å². The SMILES string of the molecule is CCOC(=O)NC1C=C(C#Cc2ccccc2)CCC1. The summed E-state index contributed by atoms with van der Waals surface area (Å²) in [7, 11) is 0. The number of carbonyl (C=O) groups excluding carboxylic acids is 1. The highest BCUT2D eigenvalue weighted by atomic mass is 16.5. The number of nitrogens with one attached hydrogen (secondary N) is 1. The molecule has 1 atom stereocenters. The van der Waals surface area contributed by atoms with E-state index in [9.17, 15) is 4.79 Å². The van der Waals surface area contributed by atoms with Gasteiger partial charge in [0.15, 0.2) is 0 Å². The van der Waals surface area contributed by atoms with Gasteiger partial charge in [0.25, 0.3) is 0 Å². The van der Waals surface area contributed by atoms with Crippen LogP contribution in [0, 0.1) is 11.8 Å². The van der Waals surface area contributed by atoms with Gasteiger partial charge in [-0.05, 0) is 38.3 Å². The fourth-order valence-corrected chi connectivity index (χ4v) is 2.14. The van der Waals surface area contributed by atoms with Crippen LogP contribution in [0.15, 0.2) is 42.0 Å². The Labute approximate surface area is 120 Å². The first kappa shape index (κ1) is 14.2. The van der Waals surface area contributed by atoms with Crippen LogP contribution < -0.4 is 5.32 Å². The van der Waals surface area contributed by atoms with Gasteiger partial charge in [-0.2, -0.15) is 0 Å². The molecule has 0 radical (unpaired) electrons. The van der Waals surface area contributed by atoms with E-state index in [0.717, 1.165) is 30.4 Å². The van der Waals surface area contributed by atoms with Crippen LogP contribution in [0.3, 0.4) is 0 Å². The Hall–Kier alpha value is -2.21. The third-order valence-electron chi connectivity index (χ3n) is 3.08. The zero-order chi connectivity index (χ0) is 14.2. The molecule has 3 heteroatoms. The number of benzene rings is 1. The van der Waals surface area contributed by atoms with E-state index >= 15 is 0 Å². The lowest BCUT2D eigenvalue weighted by atomic mass is 9.96. The minimum atomic E-state index is -0.356. The average Bonchev–Trinajstić information content (AvgIpc) is 2.47. The molecule has 1 aliphatic rings. The number of amides is 1. The molecule has 1 unspecified atom stereocenters. The molecule has 1 amide bonds. The summed E-state index contributed by atoms with van der Waals surface area (Å²) in [4.78, 5) is 11.4. The van der Waals surface area contributed by atoms with Crippen molar-refractivity contribution in [2.24, 2.45) is 0 Å². The number of carbonyl (C=O) groups is 1. The summed E-state index contributed by atoms with van der Waals surface area (Å²) in [6.45, 7) is 2.19. The molecular formula is C17H19NO2. The van der Waals surface area contributed by atoms with Crippen molar-refractivity contribution >= 4 is 6.09 Å². The van der Waals surface area contributed by atoms with Gasteiger partial charge in [-0.3, -0.25) is 0 Å². The van der Waals surface area contributed by atoms with Crippen molar-refractivity contribution in [2.45, 2.75) is 32.2 Å². The van der Waals surface area contributed by atoms with E-state index in [1.165, 1.54) is 0 Å². The number of hydrogen-bond donors (Lipinski definition) is 1. The van der Waals surface area contributed by atoms with E-state index in [0.29, 0.717) is 6.61 Å². The summed E-state index contributed by atoms with van der Waals surface area (Å²) in [6.07, 6.45) is 4.63. The standard InChI is InChI=1S/C17H19NO2/c1-2-20-17(19)18-16-10-6-9-15(13-16)12-11-14-7-4-3-5-8-14/h3-5,7-8,13,16H,2,6,9-10H2,1H3,(H,18,19). The first-order valence-corrected chi connectivity index (χ1v) is 6.99. The van der Waals surface area contributed by atoms with E-state index in [1.807, 2.05) is 36.4 Å². The maximum atomic E-state index is 11.4. The van der Waals surface area contributed by atoms with Crippen LogP contribution >= 0.6 is 0 Å². The summed E-state index contributed by atoms with van der Waals surface area (Å²) < 4.78 is 4.89. The Bertz CT molecular complexity index is 537. The maximum absolute atomic E-state index is 11.4. The molecule has 0 saturated heterocycles. The number of allylic oxidation sites excluding steroid dienone is 1. The van der Waals surface area contributed by atoms with Gasteiger partial charge in [-0.1, -0.05) is 36.1 Å². The fourth-order valence-electron chi connectivity index (χ4n) is 2.14. The third kappa shape index (κ3) is 4.47. The van der Waals surface area contributed by atoms with Crippen molar-refractivity contribution in [1.82, 2.24) is 5.32 Å².